The Hall–Kier alpha value is -1.52. The number of rotatable bonds is 3. The van der Waals surface area contributed by atoms with Crippen LogP contribution in [0.1, 0.15) is 49.4 Å². The lowest BCUT2D eigenvalue weighted by molar-refractivity contribution is 0.0291. The number of nitrogens with two attached hydrogens (primary N) is 1. The van der Waals surface area contributed by atoms with Crippen LogP contribution in [0.2, 0.25) is 0 Å². The second kappa shape index (κ2) is 9.98. The van der Waals surface area contributed by atoms with E-state index in [-0.39, 0.29) is 37.5 Å². The number of hydrogen-bond donors (Lipinski definition) is 2. The molecule has 3 N–H and O–H groups in total. The summed E-state index contributed by atoms with van der Waals surface area (Å²) in [5.41, 5.74) is 4.93. The molecule has 26 heavy (non-hydrogen) atoms. The zero-order valence-corrected chi connectivity index (χ0v) is 18.7. The van der Waals surface area contributed by atoms with Crippen LogP contribution < -0.4 is 11.1 Å². The Balaban J connectivity index is 0. The number of aliphatic imine (C=N–C) groups is 1. The fourth-order valence-corrected chi connectivity index (χ4v) is 2.15. The molecule has 1 aliphatic rings. The van der Waals surface area contributed by atoms with Crippen LogP contribution in [0, 0.1) is 0 Å². The number of carbonyl (C=O) groups is 2. The lowest BCUT2D eigenvalue weighted by atomic mass is 10.2. The van der Waals surface area contributed by atoms with E-state index in [0.717, 1.165) is 6.42 Å². The van der Waals surface area contributed by atoms with Gasteiger partial charge in [0.15, 0.2) is 0 Å². The zero-order valence-electron chi connectivity index (χ0n) is 16.4. The predicted molar refractivity (Wildman–Crippen MR) is 114 cm³/mol. The van der Waals surface area contributed by atoms with E-state index in [1.54, 1.807) is 25.7 Å². The molecule has 0 aromatic carbocycles. The second-order valence-corrected chi connectivity index (χ2v) is 7.92. The molecule has 1 rings (SSSR count). The van der Waals surface area contributed by atoms with Gasteiger partial charge in [-0.15, -0.1) is 24.0 Å². The summed E-state index contributed by atoms with van der Waals surface area (Å²) in [4.78, 5) is 29.0. The van der Waals surface area contributed by atoms with Gasteiger partial charge in [0.2, 0.25) is 0 Å². The third-order valence-corrected chi connectivity index (χ3v) is 3.09. The Morgan fingerprint density at radius 2 is 1.77 bits per heavy atom. The van der Waals surface area contributed by atoms with Crippen LogP contribution >= 0.6 is 24.0 Å². The molecule has 1 atom stereocenters. The van der Waals surface area contributed by atoms with Gasteiger partial charge in [-0.3, -0.25) is 0 Å². The average molecular weight is 484 g/mol. The molecule has 1 unspecified atom stereocenters. The lowest BCUT2D eigenvalue weighted by Gasteiger charge is -2.24. The summed E-state index contributed by atoms with van der Waals surface area (Å²) in [6.45, 7) is 11.9. The van der Waals surface area contributed by atoms with E-state index in [4.69, 9.17) is 15.2 Å². The molecule has 0 aromatic rings. The first-order valence-corrected chi connectivity index (χ1v) is 8.33. The molecule has 1 aliphatic heterocycles. The molecular formula is C17H33IN4O4. The number of nitrogens with one attached hydrogen (secondary N) is 1. The van der Waals surface area contributed by atoms with Crippen molar-refractivity contribution in [2.45, 2.75) is 65.2 Å². The van der Waals surface area contributed by atoms with Crippen LogP contribution in [0.25, 0.3) is 0 Å². The lowest BCUT2D eigenvalue weighted by Crippen LogP contribution is -2.38. The molecule has 0 saturated carbocycles. The Morgan fingerprint density at radius 3 is 2.27 bits per heavy atom. The van der Waals surface area contributed by atoms with E-state index in [1.165, 1.54) is 12.4 Å². The van der Waals surface area contributed by atoms with Gasteiger partial charge in [0, 0.05) is 26.8 Å². The van der Waals surface area contributed by atoms with Gasteiger partial charge in [-0.25, -0.2) is 9.59 Å². The number of carbonyl (C=O) groups excluding carboxylic acids is 2. The topological polar surface area (TPSA) is 106 Å². The standard InChI is InChI=1S/C17H30N4O4.HI.H2/c1-16(2,3)24-14(22)19-10-13(9-18)20-12-7-8-21(11-12)15(23)25-17(4,5)6;;/h9-10,12,20H,7-8,11,18H2,1-6H3;2*1H/b13-9+,19-10+;;. The maximum absolute atomic E-state index is 12.1. The van der Waals surface area contributed by atoms with Gasteiger partial charge >= 0.3 is 12.2 Å². The third-order valence-electron chi connectivity index (χ3n) is 3.09. The molecule has 0 aromatic heterocycles. The van der Waals surface area contributed by atoms with Gasteiger partial charge in [0.1, 0.15) is 11.2 Å². The van der Waals surface area contributed by atoms with Gasteiger partial charge < -0.3 is 25.4 Å². The van der Waals surface area contributed by atoms with E-state index in [2.05, 4.69) is 10.3 Å². The SMILES string of the molecule is CC(C)(C)OC(=O)/N=C/C(=C\N)NC1CCN(C(=O)OC(C)(C)C)C1.I.[HH]. The Kier molecular flexibility index (Phi) is 9.40. The monoisotopic (exact) mass is 484 g/mol. The average Bonchev–Trinajstić information content (AvgIpc) is 2.88. The maximum Gasteiger partial charge on any atom is 0.434 e. The van der Waals surface area contributed by atoms with Gasteiger partial charge in [-0.2, -0.15) is 4.99 Å². The van der Waals surface area contributed by atoms with Gasteiger partial charge in [-0.1, -0.05) is 0 Å². The van der Waals surface area contributed by atoms with Crippen LogP contribution in [0.5, 0.6) is 0 Å². The number of nitrogens with zero attached hydrogens (tertiary/aromatic N) is 2. The second-order valence-electron chi connectivity index (χ2n) is 7.92. The molecule has 1 fully saturated rings. The van der Waals surface area contributed by atoms with Crippen molar-refractivity contribution < 1.29 is 20.5 Å². The predicted octanol–water partition coefficient (Wildman–Crippen LogP) is 3.26. The minimum Gasteiger partial charge on any atom is -0.444 e. The fraction of sp³-hybridized carbons (Fsp3) is 0.706. The summed E-state index contributed by atoms with van der Waals surface area (Å²) < 4.78 is 10.5. The minimum absolute atomic E-state index is 0. The van der Waals surface area contributed by atoms with Crippen molar-refractivity contribution in [1.29, 1.82) is 0 Å². The van der Waals surface area contributed by atoms with E-state index in [1.807, 2.05) is 20.8 Å². The minimum atomic E-state index is -0.685. The summed E-state index contributed by atoms with van der Waals surface area (Å²) in [5.74, 6) is 0. The molecule has 9 heteroatoms. The van der Waals surface area contributed by atoms with Crippen LogP contribution in [-0.2, 0) is 9.47 Å². The van der Waals surface area contributed by atoms with Crippen molar-refractivity contribution in [2.75, 3.05) is 13.1 Å². The van der Waals surface area contributed by atoms with E-state index in [0.29, 0.717) is 18.8 Å². The summed E-state index contributed by atoms with van der Waals surface area (Å²) in [6, 6.07) is 0.00686. The fourth-order valence-electron chi connectivity index (χ4n) is 2.15. The first kappa shape index (κ1) is 24.5. The summed E-state index contributed by atoms with van der Waals surface area (Å²) in [7, 11) is 0. The van der Waals surface area contributed by atoms with E-state index in [9.17, 15) is 9.59 Å². The highest BCUT2D eigenvalue weighted by atomic mass is 127. The van der Waals surface area contributed by atoms with Crippen LogP contribution in [0.15, 0.2) is 16.9 Å². The molecule has 2 amide bonds. The van der Waals surface area contributed by atoms with Gasteiger partial charge in [0.05, 0.1) is 11.9 Å². The highest BCUT2D eigenvalue weighted by Crippen LogP contribution is 2.16. The number of hydrogen-bond acceptors (Lipinski definition) is 6. The highest BCUT2D eigenvalue weighted by molar-refractivity contribution is 14.0. The van der Waals surface area contributed by atoms with Crippen LogP contribution in [-0.4, -0.2) is 53.6 Å². The van der Waals surface area contributed by atoms with E-state index >= 15 is 0 Å². The Morgan fingerprint density at radius 1 is 1.19 bits per heavy atom. The summed E-state index contributed by atoms with van der Waals surface area (Å²) in [6.07, 6.45) is 2.37. The normalized spacial score (nSPS) is 18.5. The molecule has 0 spiro atoms. The highest BCUT2D eigenvalue weighted by Gasteiger charge is 2.29. The Labute approximate surface area is 174 Å². The largest absolute Gasteiger partial charge is 0.444 e. The smallest absolute Gasteiger partial charge is 0.434 e. The molecule has 152 valence electrons. The molecule has 1 heterocycles. The molecular weight excluding hydrogens is 451 g/mol. The van der Waals surface area contributed by atoms with Crippen molar-refractivity contribution in [1.82, 2.24) is 10.2 Å². The number of amides is 2. The molecule has 1 saturated heterocycles. The van der Waals surface area contributed by atoms with E-state index < -0.39 is 17.3 Å². The van der Waals surface area contributed by atoms with Gasteiger partial charge in [0.25, 0.3) is 0 Å². The summed E-state index contributed by atoms with van der Waals surface area (Å²) in [5, 5.41) is 3.16. The van der Waals surface area contributed by atoms with Crippen molar-refractivity contribution >= 4 is 42.4 Å². The van der Waals surface area contributed by atoms with Crippen molar-refractivity contribution in [2.24, 2.45) is 10.7 Å². The number of halogens is 1. The third kappa shape index (κ3) is 9.83. The molecule has 0 bridgehead atoms. The van der Waals surface area contributed by atoms with Crippen LogP contribution in [0.4, 0.5) is 9.59 Å². The number of likely N-dealkylation sites (tertiary alicyclic amines) is 1. The molecule has 0 aliphatic carbocycles. The number of allylic oxidation sites excluding steroid dienone is 1. The van der Waals surface area contributed by atoms with Crippen molar-refractivity contribution in [3.63, 3.8) is 0 Å². The zero-order chi connectivity index (χ0) is 19.3. The van der Waals surface area contributed by atoms with Crippen molar-refractivity contribution in [3.8, 4) is 0 Å². The number of ether oxygens (including phenoxy) is 2. The van der Waals surface area contributed by atoms with Crippen molar-refractivity contribution in [3.05, 3.63) is 11.9 Å². The maximum atomic E-state index is 12.1. The van der Waals surface area contributed by atoms with Gasteiger partial charge in [-0.05, 0) is 48.0 Å². The quantitative estimate of drug-likeness (QED) is 0.471. The first-order valence-electron chi connectivity index (χ1n) is 8.33. The molecule has 0 radical (unpaired) electrons. The summed E-state index contributed by atoms with van der Waals surface area (Å²) >= 11 is 0. The first-order chi connectivity index (χ1) is 11.4. The van der Waals surface area contributed by atoms with Crippen LogP contribution in [0.3, 0.4) is 0 Å². The Bertz CT molecular complexity index is 556. The molecule has 8 nitrogen and oxygen atoms in total.